The first-order chi connectivity index (χ1) is 10.6. The minimum Gasteiger partial charge on any atom is -0.441 e. The van der Waals surface area contributed by atoms with E-state index in [9.17, 15) is 19.2 Å². The summed E-state index contributed by atoms with van der Waals surface area (Å²) in [5, 5.41) is 0.125. The van der Waals surface area contributed by atoms with Crippen molar-refractivity contribution < 1.29 is 33.5 Å². The van der Waals surface area contributed by atoms with E-state index in [-0.39, 0.29) is 5.06 Å². The largest absolute Gasteiger partial charge is 0.534 e. The summed E-state index contributed by atoms with van der Waals surface area (Å²) in [6, 6.07) is 0. The topological polar surface area (TPSA) is 99.2 Å². The van der Waals surface area contributed by atoms with Crippen LogP contribution in [0.5, 0.6) is 0 Å². The van der Waals surface area contributed by atoms with E-state index in [1.807, 2.05) is 0 Å². The molecule has 0 aliphatic carbocycles. The molecule has 0 saturated carbocycles. The smallest absolute Gasteiger partial charge is 0.441 e. The Balaban J connectivity index is 5.22. The van der Waals surface area contributed by atoms with Gasteiger partial charge >= 0.3 is 12.2 Å². The van der Waals surface area contributed by atoms with Crippen molar-refractivity contribution in [3.8, 4) is 0 Å². The third kappa shape index (κ3) is 9.12. The van der Waals surface area contributed by atoms with Crippen LogP contribution in [0.15, 0.2) is 0 Å². The van der Waals surface area contributed by atoms with E-state index in [4.69, 9.17) is 9.47 Å². The lowest BCUT2D eigenvalue weighted by molar-refractivity contribution is -0.171. The molecule has 0 unspecified atom stereocenters. The van der Waals surface area contributed by atoms with Crippen LogP contribution in [0.3, 0.4) is 0 Å². The molecule has 8 heteroatoms. The number of carbonyl (C=O) groups is 4. The zero-order valence-electron chi connectivity index (χ0n) is 15.6. The maximum Gasteiger partial charge on any atom is 0.534 e. The fourth-order valence-electron chi connectivity index (χ4n) is 1.26. The van der Waals surface area contributed by atoms with Crippen LogP contribution in [0.4, 0.5) is 9.59 Å². The van der Waals surface area contributed by atoms with E-state index in [2.05, 4.69) is 4.84 Å². The molecule has 8 nitrogen and oxygen atoms in total. The molecular weight excluding hydrogens is 318 g/mol. The quantitative estimate of drug-likeness (QED) is 0.440. The number of hydrogen-bond donors (Lipinski definition) is 0. The van der Waals surface area contributed by atoms with Crippen molar-refractivity contribution in [2.45, 2.75) is 73.0 Å². The molecule has 0 aromatic rings. The molecule has 0 aromatic carbocycles. The van der Waals surface area contributed by atoms with Crippen LogP contribution in [-0.2, 0) is 23.9 Å². The first-order valence-electron chi connectivity index (χ1n) is 7.62. The van der Waals surface area contributed by atoms with Gasteiger partial charge in [0.05, 0.1) is 6.42 Å². The fraction of sp³-hybridized carbons (Fsp3) is 0.750. The van der Waals surface area contributed by atoms with Crippen LogP contribution in [-0.4, -0.2) is 40.2 Å². The van der Waals surface area contributed by atoms with Gasteiger partial charge in [-0.15, -0.1) is 0 Å². The molecule has 0 fully saturated rings. The molecular formula is C16H27NO7. The van der Waals surface area contributed by atoms with Gasteiger partial charge in [0, 0.05) is 5.92 Å². The molecule has 0 saturated heterocycles. The third-order valence-corrected chi connectivity index (χ3v) is 2.31. The number of rotatable bonds is 3. The van der Waals surface area contributed by atoms with Gasteiger partial charge in [0.2, 0.25) is 0 Å². The zero-order chi connectivity index (χ0) is 19.3. The molecule has 0 bridgehead atoms. The lowest BCUT2D eigenvalue weighted by Gasteiger charge is -2.26. The summed E-state index contributed by atoms with van der Waals surface area (Å²) in [5.41, 5.74) is -1.80. The maximum absolute atomic E-state index is 12.2. The van der Waals surface area contributed by atoms with Crippen molar-refractivity contribution in [3.05, 3.63) is 0 Å². The van der Waals surface area contributed by atoms with E-state index in [1.54, 1.807) is 55.4 Å². The highest BCUT2D eigenvalue weighted by Gasteiger charge is 2.34. The molecule has 0 rings (SSSR count). The van der Waals surface area contributed by atoms with Crippen LogP contribution < -0.4 is 0 Å². The normalized spacial score (nSPS) is 11.7. The molecule has 24 heavy (non-hydrogen) atoms. The molecule has 0 aliphatic rings. The monoisotopic (exact) mass is 345 g/mol. The van der Waals surface area contributed by atoms with Gasteiger partial charge in [-0.3, -0.25) is 14.4 Å². The first-order valence-corrected chi connectivity index (χ1v) is 7.62. The predicted molar refractivity (Wildman–Crippen MR) is 84.9 cm³/mol. The Morgan fingerprint density at radius 2 is 1.33 bits per heavy atom. The third-order valence-electron chi connectivity index (χ3n) is 2.31. The van der Waals surface area contributed by atoms with Crippen molar-refractivity contribution in [2.75, 3.05) is 0 Å². The maximum atomic E-state index is 12.2. The number of hydrogen-bond acceptors (Lipinski definition) is 7. The van der Waals surface area contributed by atoms with E-state index >= 15 is 0 Å². The van der Waals surface area contributed by atoms with Gasteiger partial charge in [-0.25, -0.2) is 9.59 Å². The average molecular weight is 345 g/mol. The Labute approximate surface area is 142 Å². The summed E-state index contributed by atoms with van der Waals surface area (Å²) < 4.78 is 9.92. The molecule has 0 N–H and O–H groups in total. The van der Waals surface area contributed by atoms with Crippen LogP contribution in [0.25, 0.3) is 0 Å². The average Bonchev–Trinajstić information content (AvgIpc) is 2.30. The second-order valence-electron chi connectivity index (χ2n) is 7.52. The number of ketones is 1. The minimum absolute atomic E-state index is 0.125. The van der Waals surface area contributed by atoms with Crippen LogP contribution >= 0.6 is 0 Å². The van der Waals surface area contributed by atoms with E-state index < -0.39 is 47.5 Å². The second-order valence-corrected chi connectivity index (χ2v) is 7.52. The molecule has 0 atom stereocenters. The highest BCUT2D eigenvalue weighted by atomic mass is 16.8. The Morgan fingerprint density at radius 3 is 1.71 bits per heavy atom. The van der Waals surface area contributed by atoms with Gasteiger partial charge in [-0.2, -0.15) is 0 Å². The van der Waals surface area contributed by atoms with E-state index in [0.29, 0.717) is 0 Å². The number of carbonyl (C=O) groups excluding carboxylic acids is 4. The van der Waals surface area contributed by atoms with Crippen LogP contribution in [0, 0.1) is 5.92 Å². The van der Waals surface area contributed by atoms with Gasteiger partial charge in [0.25, 0.3) is 5.91 Å². The van der Waals surface area contributed by atoms with Gasteiger partial charge < -0.3 is 9.47 Å². The van der Waals surface area contributed by atoms with Crippen molar-refractivity contribution in [3.63, 3.8) is 0 Å². The van der Waals surface area contributed by atoms with Crippen molar-refractivity contribution >= 4 is 23.9 Å². The molecule has 0 heterocycles. The highest BCUT2D eigenvalue weighted by Crippen LogP contribution is 2.14. The number of amides is 2. The van der Waals surface area contributed by atoms with Gasteiger partial charge in [0.1, 0.15) is 17.0 Å². The Bertz CT molecular complexity index is 498. The number of ether oxygens (including phenoxy) is 2. The summed E-state index contributed by atoms with van der Waals surface area (Å²) in [7, 11) is 0. The highest BCUT2D eigenvalue weighted by molar-refractivity contribution is 6.03. The van der Waals surface area contributed by atoms with Crippen molar-refractivity contribution in [1.82, 2.24) is 5.06 Å². The zero-order valence-corrected chi connectivity index (χ0v) is 15.6. The van der Waals surface area contributed by atoms with Crippen molar-refractivity contribution in [1.29, 1.82) is 0 Å². The van der Waals surface area contributed by atoms with E-state index in [0.717, 1.165) is 0 Å². The second kappa shape index (κ2) is 8.12. The summed E-state index contributed by atoms with van der Waals surface area (Å²) in [6.45, 7) is 12.8. The summed E-state index contributed by atoms with van der Waals surface area (Å²) in [5.74, 6) is -1.81. The first kappa shape index (κ1) is 21.9. The number of nitrogens with zero attached hydrogens (tertiary/aromatic N) is 1. The number of imide groups is 1. The van der Waals surface area contributed by atoms with Crippen LogP contribution in [0.2, 0.25) is 0 Å². The molecule has 0 aromatic heterocycles. The fourth-order valence-corrected chi connectivity index (χ4v) is 1.26. The summed E-state index contributed by atoms with van der Waals surface area (Å²) >= 11 is 0. The molecule has 138 valence electrons. The molecule has 2 amide bonds. The Kier molecular flexibility index (Phi) is 7.40. The van der Waals surface area contributed by atoms with Gasteiger partial charge in [-0.1, -0.05) is 18.9 Å². The lowest BCUT2D eigenvalue weighted by atomic mass is 10.1. The lowest BCUT2D eigenvalue weighted by Crippen LogP contribution is -2.44. The van der Waals surface area contributed by atoms with Gasteiger partial charge in [-0.05, 0) is 41.5 Å². The summed E-state index contributed by atoms with van der Waals surface area (Å²) in [6.07, 6.45) is -3.05. The standard InChI is InChI=1S/C16H27NO7/c1-10(2)11(18)9-12(19)17(13(20)22-15(3,4)5)24-14(21)23-16(6,7)8/h10H,9H2,1-8H3. The molecule has 0 aliphatic heterocycles. The van der Waals surface area contributed by atoms with Gasteiger partial charge in [0.15, 0.2) is 0 Å². The van der Waals surface area contributed by atoms with Crippen LogP contribution in [0.1, 0.15) is 61.8 Å². The summed E-state index contributed by atoms with van der Waals surface area (Å²) in [4.78, 5) is 52.4. The van der Waals surface area contributed by atoms with Crippen molar-refractivity contribution in [2.24, 2.45) is 5.92 Å². The number of hydroxylamine groups is 2. The Hall–Kier alpha value is -2.12. The number of Topliss-reactive ketones (excluding diaryl/α,β-unsaturated/α-hetero) is 1. The molecule has 0 spiro atoms. The molecule has 0 radical (unpaired) electrons. The minimum atomic E-state index is -1.25. The SMILES string of the molecule is CC(C)C(=O)CC(=O)N(OC(=O)OC(C)(C)C)C(=O)OC(C)(C)C. The van der Waals surface area contributed by atoms with E-state index in [1.165, 1.54) is 0 Å². The predicted octanol–water partition coefficient (Wildman–Crippen LogP) is 3.23. The Morgan fingerprint density at radius 1 is 0.875 bits per heavy atom.